The number of nitrogens with one attached hydrogen (secondary N) is 1. The second kappa shape index (κ2) is 6.67. The van der Waals surface area contributed by atoms with Gasteiger partial charge >= 0.3 is 0 Å². The zero-order chi connectivity index (χ0) is 11.9. The first-order chi connectivity index (χ1) is 6.83. The predicted molar refractivity (Wildman–Crippen MR) is 61.5 cm³/mol. The standard InChI is InChI=1S/C7H16ClNO4S2/c1-2-14(10,11)7-5-9-15(12,13)6-3-4-8/h9H,2-7H2,1H3. The van der Waals surface area contributed by atoms with Gasteiger partial charge in [-0.1, -0.05) is 6.92 Å². The average molecular weight is 278 g/mol. The van der Waals surface area contributed by atoms with Crippen molar-refractivity contribution in [3.05, 3.63) is 0 Å². The first-order valence-electron chi connectivity index (χ1n) is 4.56. The van der Waals surface area contributed by atoms with Crippen molar-refractivity contribution in [2.45, 2.75) is 13.3 Å². The van der Waals surface area contributed by atoms with Gasteiger partial charge in [0, 0.05) is 18.2 Å². The molecule has 0 unspecified atom stereocenters. The Kier molecular flexibility index (Phi) is 6.74. The molecule has 0 saturated carbocycles. The molecule has 0 amide bonds. The van der Waals surface area contributed by atoms with Crippen LogP contribution in [-0.2, 0) is 19.9 Å². The van der Waals surface area contributed by atoms with Gasteiger partial charge < -0.3 is 0 Å². The van der Waals surface area contributed by atoms with Crippen LogP contribution in [-0.4, -0.2) is 46.5 Å². The third kappa shape index (κ3) is 8.01. The van der Waals surface area contributed by atoms with Crippen molar-refractivity contribution in [3.63, 3.8) is 0 Å². The molecule has 92 valence electrons. The number of hydrogen-bond acceptors (Lipinski definition) is 4. The number of hydrogen-bond donors (Lipinski definition) is 1. The van der Waals surface area contributed by atoms with Crippen LogP contribution in [0.1, 0.15) is 13.3 Å². The minimum absolute atomic E-state index is 0.0242. The van der Waals surface area contributed by atoms with Crippen molar-refractivity contribution < 1.29 is 16.8 Å². The van der Waals surface area contributed by atoms with Crippen LogP contribution in [0.4, 0.5) is 0 Å². The Hall–Kier alpha value is 0.150. The SMILES string of the molecule is CCS(=O)(=O)CCNS(=O)(=O)CCCCl. The van der Waals surface area contributed by atoms with Crippen LogP contribution in [0.15, 0.2) is 0 Å². The van der Waals surface area contributed by atoms with Crippen molar-refractivity contribution in [2.75, 3.05) is 29.7 Å². The van der Waals surface area contributed by atoms with Crippen LogP contribution < -0.4 is 4.72 Å². The van der Waals surface area contributed by atoms with Gasteiger partial charge in [0.2, 0.25) is 10.0 Å². The summed E-state index contributed by atoms with van der Waals surface area (Å²) in [5, 5.41) is 0. The lowest BCUT2D eigenvalue weighted by Gasteiger charge is -2.05. The summed E-state index contributed by atoms with van der Waals surface area (Å²) in [6.45, 7) is 1.46. The zero-order valence-corrected chi connectivity index (χ0v) is 11.0. The zero-order valence-electron chi connectivity index (χ0n) is 8.57. The van der Waals surface area contributed by atoms with E-state index in [0.717, 1.165) is 0 Å². The normalized spacial score (nSPS) is 12.9. The lowest BCUT2D eigenvalue weighted by molar-refractivity contribution is 0.580. The Morgan fingerprint density at radius 2 is 1.73 bits per heavy atom. The fourth-order valence-electron chi connectivity index (χ4n) is 0.814. The third-order valence-corrected chi connectivity index (χ3v) is 5.16. The van der Waals surface area contributed by atoms with Crippen molar-refractivity contribution in [2.24, 2.45) is 0 Å². The molecular formula is C7H16ClNO4S2. The minimum Gasteiger partial charge on any atom is -0.229 e. The van der Waals surface area contributed by atoms with Crippen LogP contribution >= 0.6 is 11.6 Å². The van der Waals surface area contributed by atoms with E-state index in [1.54, 1.807) is 0 Å². The van der Waals surface area contributed by atoms with Crippen molar-refractivity contribution in [1.29, 1.82) is 0 Å². The number of alkyl halides is 1. The van der Waals surface area contributed by atoms with Crippen LogP contribution in [0.3, 0.4) is 0 Å². The monoisotopic (exact) mass is 277 g/mol. The maximum Gasteiger partial charge on any atom is 0.211 e. The highest BCUT2D eigenvalue weighted by Crippen LogP contribution is 1.93. The molecule has 8 heteroatoms. The second-order valence-corrected chi connectivity index (χ2v) is 7.77. The average Bonchev–Trinajstić information content (AvgIpc) is 2.14. The lowest BCUT2D eigenvalue weighted by atomic mass is 10.6. The van der Waals surface area contributed by atoms with E-state index in [2.05, 4.69) is 4.72 Å². The van der Waals surface area contributed by atoms with Crippen molar-refractivity contribution in [3.8, 4) is 0 Å². The number of sulfonamides is 1. The second-order valence-electron chi connectivity index (χ2n) is 2.99. The Bertz CT molecular complexity index is 362. The number of rotatable bonds is 8. The Morgan fingerprint density at radius 3 is 2.20 bits per heavy atom. The summed E-state index contributed by atoms with van der Waals surface area (Å²) in [4.78, 5) is 0. The molecule has 0 rings (SSSR count). The Balaban J connectivity index is 3.96. The van der Waals surface area contributed by atoms with E-state index in [9.17, 15) is 16.8 Å². The molecule has 1 N–H and O–H groups in total. The molecule has 0 aliphatic carbocycles. The fourth-order valence-corrected chi connectivity index (χ4v) is 3.02. The summed E-state index contributed by atoms with van der Waals surface area (Å²) in [6.07, 6.45) is 0.359. The van der Waals surface area contributed by atoms with Gasteiger partial charge in [0.25, 0.3) is 0 Å². The fraction of sp³-hybridized carbons (Fsp3) is 1.00. The quantitative estimate of drug-likeness (QED) is 0.632. The van der Waals surface area contributed by atoms with E-state index in [-0.39, 0.29) is 29.7 Å². The lowest BCUT2D eigenvalue weighted by Crippen LogP contribution is -2.31. The van der Waals surface area contributed by atoms with Gasteiger partial charge in [-0.05, 0) is 6.42 Å². The summed E-state index contributed by atoms with van der Waals surface area (Å²) in [5.41, 5.74) is 0. The topological polar surface area (TPSA) is 80.3 Å². The van der Waals surface area contributed by atoms with Crippen molar-refractivity contribution >= 4 is 31.5 Å². The predicted octanol–water partition coefficient (Wildman–Crippen LogP) is -0.0306. The van der Waals surface area contributed by atoms with E-state index in [4.69, 9.17) is 11.6 Å². The highest BCUT2D eigenvalue weighted by molar-refractivity contribution is 7.91. The highest BCUT2D eigenvalue weighted by atomic mass is 35.5. The van der Waals surface area contributed by atoms with E-state index >= 15 is 0 Å². The smallest absolute Gasteiger partial charge is 0.211 e. The van der Waals surface area contributed by atoms with Gasteiger partial charge in [0.15, 0.2) is 9.84 Å². The van der Waals surface area contributed by atoms with E-state index in [0.29, 0.717) is 6.42 Å². The van der Waals surface area contributed by atoms with Crippen LogP contribution in [0.2, 0.25) is 0 Å². The Labute approximate surface area is 96.2 Å². The molecule has 15 heavy (non-hydrogen) atoms. The van der Waals surface area contributed by atoms with Crippen molar-refractivity contribution in [1.82, 2.24) is 4.72 Å². The molecule has 0 fully saturated rings. The van der Waals surface area contributed by atoms with E-state index in [1.807, 2.05) is 0 Å². The van der Waals surface area contributed by atoms with Gasteiger partial charge in [-0.15, -0.1) is 11.6 Å². The van der Waals surface area contributed by atoms with Crippen LogP contribution in [0.25, 0.3) is 0 Å². The molecular weight excluding hydrogens is 262 g/mol. The summed E-state index contributed by atoms with van der Waals surface area (Å²) in [7, 11) is -6.49. The Morgan fingerprint density at radius 1 is 1.13 bits per heavy atom. The third-order valence-electron chi connectivity index (χ3n) is 1.72. The van der Waals surface area contributed by atoms with Gasteiger partial charge in [-0.2, -0.15) is 0 Å². The molecule has 0 aromatic rings. The van der Waals surface area contributed by atoms with E-state index in [1.165, 1.54) is 6.92 Å². The molecule has 0 aromatic heterocycles. The summed E-state index contributed by atoms with van der Waals surface area (Å²) < 4.78 is 46.7. The molecule has 0 aliphatic rings. The molecule has 0 atom stereocenters. The van der Waals surface area contributed by atoms with E-state index < -0.39 is 19.9 Å². The maximum absolute atomic E-state index is 11.2. The molecule has 5 nitrogen and oxygen atoms in total. The highest BCUT2D eigenvalue weighted by Gasteiger charge is 2.12. The van der Waals surface area contributed by atoms with Gasteiger partial charge in [-0.3, -0.25) is 0 Å². The molecule has 0 aromatic carbocycles. The molecule has 0 heterocycles. The molecule has 0 radical (unpaired) electrons. The van der Waals surface area contributed by atoms with Gasteiger partial charge in [-0.25, -0.2) is 21.6 Å². The molecule has 0 saturated heterocycles. The maximum atomic E-state index is 11.2. The first-order valence-corrected chi connectivity index (χ1v) is 8.57. The summed E-state index contributed by atoms with van der Waals surface area (Å²) in [5.74, 6) is 0.0663. The minimum atomic E-state index is -3.37. The van der Waals surface area contributed by atoms with Crippen LogP contribution in [0, 0.1) is 0 Å². The van der Waals surface area contributed by atoms with Gasteiger partial charge in [0.05, 0.1) is 11.5 Å². The number of sulfone groups is 1. The van der Waals surface area contributed by atoms with Crippen LogP contribution in [0.5, 0.6) is 0 Å². The summed E-state index contributed by atoms with van der Waals surface area (Å²) in [6, 6.07) is 0. The summed E-state index contributed by atoms with van der Waals surface area (Å²) >= 11 is 5.35. The molecule has 0 spiro atoms. The van der Waals surface area contributed by atoms with Gasteiger partial charge in [0.1, 0.15) is 0 Å². The largest absolute Gasteiger partial charge is 0.229 e. The number of halogens is 1. The first kappa shape index (κ1) is 15.2. The molecule has 0 aliphatic heterocycles. The molecule has 0 bridgehead atoms.